The van der Waals surface area contributed by atoms with E-state index in [1.807, 2.05) is 38.1 Å². The van der Waals surface area contributed by atoms with Crippen LogP contribution in [0.15, 0.2) is 39.6 Å². The summed E-state index contributed by atoms with van der Waals surface area (Å²) in [7, 11) is 0. The van der Waals surface area contributed by atoms with Gasteiger partial charge in [0, 0.05) is 28.7 Å². The number of hydrogen-bond acceptors (Lipinski definition) is 3. The highest BCUT2D eigenvalue weighted by Crippen LogP contribution is 2.35. The summed E-state index contributed by atoms with van der Waals surface area (Å²) >= 11 is 3.43. The average molecular weight is 443 g/mol. The molecule has 1 aliphatic carbocycles. The van der Waals surface area contributed by atoms with Gasteiger partial charge in [0.1, 0.15) is 5.56 Å². The van der Waals surface area contributed by atoms with Gasteiger partial charge < -0.3 is 9.88 Å². The highest BCUT2D eigenvalue weighted by molar-refractivity contribution is 9.10. The van der Waals surface area contributed by atoms with Gasteiger partial charge in [-0.2, -0.15) is 0 Å². The van der Waals surface area contributed by atoms with Gasteiger partial charge in [-0.25, -0.2) is 0 Å². The minimum atomic E-state index is -0.407. The van der Waals surface area contributed by atoms with Crippen LogP contribution in [-0.2, 0) is 6.42 Å². The van der Waals surface area contributed by atoms with Gasteiger partial charge >= 0.3 is 0 Å². The van der Waals surface area contributed by atoms with Crippen molar-refractivity contribution >= 4 is 27.6 Å². The lowest BCUT2D eigenvalue weighted by Gasteiger charge is -2.30. The molecule has 28 heavy (non-hydrogen) atoms. The van der Waals surface area contributed by atoms with Crippen molar-refractivity contribution in [3.05, 3.63) is 67.5 Å². The number of hydrogen-bond donors (Lipinski definition) is 1. The SMILES string of the molecule is CC1(C)CC(=O)c2cc(C(=O)N3CCCC3c3ccc(Br)cc3)c(=O)[nH]c2C1. The number of carbonyl (C=O) groups is 2. The molecule has 0 saturated carbocycles. The number of nitrogens with zero attached hydrogens (tertiary/aromatic N) is 1. The monoisotopic (exact) mass is 442 g/mol. The number of ketones is 1. The number of likely N-dealkylation sites (tertiary alicyclic amines) is 1. The van der Waals surface area contributed by atoms with Crippen LogP contribution in [-0.4, -0.2) is 28.1 Å². The molecule has 1 amide bonds. The predicted molar refractivity (Wildman–Crippen MR) is 111 cm³/mol. The number of halogens is 1. The zero-order valence-electron chi connectivity index (χ0n) is 16.0. The molecule has 1 saturated heterocycles. The van der Waals surface area contributed by atoms with E-state index in [1.165, 1.54) is 6.07 Å². The molecule has 2 heterocycles. The minimum absolute atomic E-state index is 0.0116. The third kappa shape index (κ3) is 3.46. The molecule has 2 aromatic rings. The molecule has 146 valence electrons. The molecular formula is C22H23BrN2O3. The van der Waals surface area contributed by atoms with Crippen molar-refractivity contribution in [1.82, 2.24) is 9.88 Å². The lowest BCUT2D eigenvalue weighted by molar-refractivity contribution is 0.0733. The Kier molecular flexibility index (Phi) is 4.78. The molecule has 4 rings (SSSR count). The molecule has 2 aliphatic rings. The number of H-pyrrole nitrogens is 1. The van der Waals surface area contributed by atoms with E-state index in [-0.39, 0.29) is 28.7 Å². The number of fused-ring (bicyclic) bond motifs is 1. The van der Waals surface area contributed by atoms with Crippen LogP contribution in [0.3, 0.4) is 0 Å². The zero-order valence-corrected chi connectivity index (χ0v) is 17.6. The van der Waals surface area contributed by atoms with Crippen molar-refractivity contribution in [1.29, 1.82) is 0 Å². The summed E-state index contributed by atoms with van der Waals surface area (Å²) in [5, 5.41) is 0. The van der Waals surface area contributed by atoms with E-state index in [9.17, 15) is 14.4 Å². The second-order valence-corrected chi connectivity index (χ2v) is 9.47. The largest absolute Gasteiger partial charge is 0.331 e. The Hall–Kier alpha value is -2.21. The van der Waals surface area contributed by atoms with Crippen molar-refractivity contribution in [3.63, 3.8) is 0 Å². The second kappa shape index (κ2) is 6.99. The fourth-order valence-electron chi connectivity index (χ4n) is 4.38. The highest BCUT2D eigenvalue weighted by atomic mass is 79.9. The molecule has 1 N–H and O–H groups in total. The summed E-state index contributed by atoms with van der Waals surface area (Å²) in [5.74, 6) is -0.311. The van der Waals surface area contributed by atoms with E-state index in [0.717, 1.165) is 22.9 Å². The molecule has 1 aromatic carbocycles. The van der Waals surface area contributed by atoms with Crippen LogP contribution in [0.4, 0.5) is 0 Å². The molecule has 1 aliphatic heterocycles. The number of pyridine rings is 1. The Bertz CT molecular complexity index is 1010. The van der Waals surface area contributed by atoms with Crippen molar-refractivity contribution in [3.8, 4) is 0 Å². The van der Waals surface area contributed by atoms with Crippen LogP contribution >= 0.6 is 15.9 Å². The summed E-state index contributed by atoms with van der Waals surface area (Å²) in [6.07, 6.45) is 2.81. The lowest BCUT2D eigenvalue weighted by Crippen LogP contribution is -2.37. The first-order chi connectivity index (χ1) is 13.2. The summed E-state index contributed by atoms with van der Waals surface area (Å²) in [4.78, 5) is 43.1. The molecule has 1 unspecified atom stereocenters. The van der Waals surface area contributed by atoms with Gasteiger partial charge in [0.2, 0.25) is 0 Å². The average Bonchev–Trinajstić information content (AvgIpc) is 3.10. The van der Waals surface area contributed by atoms with Gasteiger partial charge in [-0.3, -0.25) is 14.4 Å². The maximum absolute atomic E-state index is 13.2. The fraction of sp³-hybridized carbons (Fsp3) is 0.409. The normalized spacial score (nSPS) is 20.9. The van der Waals surface area contributed by atoms with E-state index in [1.54, 1.807) is 4.90 Å². The molecule has 0 bridgehead atoms. The van der Waals surface area contributed by atoms with Gasteiger partial charge in [0.25, 0.3) is 11.5 Å². The number of rotatable bonds is 2. The summed E-state index contributed by atoms with van der Waals surface area (Å²) in [6.45, 7) is 4.63. The second-order valence-electron chi connectivity index (χ2n) is 8.55. The maximum Gasteiger partial charge on any atom is 0.261 e. The topological polar surface area (TPSA) is 70.2 Å². The number of benzene rings is 1. The van der Waals surface area contributed by atoms with Gasteiger partial charge in [-0.05, 0) is 48.4 Å². The lowest BCUT2D eigenvalue weighted by atomic mass is 9.75. The van der Waals surface area contributed by atoms with Crippen LogP contribution in [0.2, 0.25) is 0 Å². The van der Waals surface area contributed by atoms with Crippen LogP contribution in [0.5, 0.6) is 0 Å². The minimum Gasteiger partial charge on any atom is -0.331 e. The smallest absolute Gasteiger partial charge is 0.261 e. The number of carbonyl (C=O) groups excluding carboxylic acids is 2. The zero-order chi connectivity index (χ0) is 20.1. The number of aromatic nitrogens is 1. The molecule has 1 fully saturated rings. The fourth-order valence-corrected chi connectivity index (χ4v) is 4.65. The summed E-state index contributed by atoms with van der Waals surface area (Å²) in [6, 6.07) is 9.40. The number of aromatic amines is 1. The van der Waals surface area contributed by atoms with E-state index in [4.69, 9.17) is 0 Å². The molecule has 1 aromatic heterocycles. The molecule has 1 atom stereocenters. The maximum atomic E-state index is 13.2. The Labute approximate surface area is 172 Å². The Morgan fingerprint density at radius 3 is 2.61 bits per heavy atom. The number of amides is 1. The van der Waals surface area contributed by atoms with E-state index in [2.05, 4.69) is 20.9 Å². The van der Waals surface area contributed by atoms with Crippen LogP contribution in [0, 0.1) is 5.41 Å². The standard InChI is InChI=1S/C22H23BrN2O3/c1-22(2)11-17-15(19(26)12-22)10-16(20(27)24-17)21(28)25-9-3-4-18(25)13-5-7-14(23)8-6-13/h5-8,10,18H,3-4,9,11-12H2,1-2H3,(H,24,27). The Balaban J connectivity index is 1.68. The van der Waals surface area contributed by atoms with Crippen molar-refractivity contribution in [2.24, 2.45) is 5.41 Å². The molecule has 0 radical (unpaired) electrons. The summed E-state index contributed by atoms with van der Waals surface area (Å²) in [5.41, 5.74) is 1.67. The van der Waals surface area contributed by atoms with Crippen LogP contribution in [0.25, 0.3) is 0 Å². The molecule has 6 heteroatoms. The third-order valence-corrected chi connectivity index (χ3v) is 6.25. The van der Waals surface area contributed by atoms with Gasteiger partial charge in [-0.15, -0.1) is 0 Å². The van der Waals surface area contributed by atoms with Crippen LogP contribution < -0.4 is 5.56 Å². The quantitative estimate of drug-likeness (QED) is 0.754. The van der Waals surface area contributed by atoms with E-state index in [0.29, 0.717) is 30.6 Å². The Morgan fingerprint density at radius 2 is 1.89 bits per heavy atom. The van der Waals surface area contributed by atoms with E-state index < -0.39 is 5.56 Å². The highest BCUT2D eigenvalue weighted by Gasteiger charge is 2.35. The molecule has 5 nitrogen and oxygen atoms in total. The van der Waals surface area contributed by atoms with E-state index >= 15 is 0 Å². The third-order valence-electron chi connectivity index (χ3n) is 5.72. The van der Waals surface area contributed by atoms with Crippen molar-refractivity contribution < 1.29 is 9.59 Å². The molecule has 0 spiro atoms. The molecular weight excluding hydrogens is 420 g/mol. The van der Waals surface area contributed by atoms with Crippen molar-refractivity contribution in [2.75, 3.05) is 6.54 Å². The number of Topliss-reactive ketones (excluding diaryl/α,β-unsaturated/α-hetero) is 1. The van der Waals surface area contributed by atoms with Gasteiger partial charge in [0.05, 0.1) is 6.04 Å². The van der Waals surface area contributed by atoms with Crippen molar-refractivity contribution in [2.45, 2.75) is 45.6 Å². The Morgan fingerprint density at radius 1 is 1.18 bits per heavy atom. The van der Waals surface area contributed by atoms with Gasteiger partial charge in [-0.1, -0.05) is 41.9 Å². The first-order valence-electron chi connectivity index (χ1n) is 9.61. The first-order valence-corrected chi connectivity index (χ1v) is 10.4. The van der Waals surface area contributed by atoms with Crippen LogP contribution in [0.1, 0.15) is 71.1 Å². The first kappa shape index (κ1) is 19.1. The van der Waals surface area contributed by atoms with Gasteiger partial charge in [0.15, 0.2) is 5.78 Å². The number of nitrogens with one attached hydrogen (secondary N) is 1. The summed E-state index contributed by atoms with van der Waals surface area (Å²) < 4.78 is 0.986. The predicted octanol–water partition coefficient (Wildman–Crippen LogP) is 4.27.